The molecular formula is C11H12O5. The first kappa shape index (κ1) is 10.9. The zero-order valence-corrected chi connectivity index (χ0v) is 8.79. The minimum atomic E-state index is -0.579. The molecule has 0 aliphatic carbocycles. The van der Waals surface area contributed by atoms with Gasteiger partial charge in [0, 0.05) is 13.0 Å². The second kappa shape index (κ2) is 4.09. The standard InChI is InChI=1S/C11H12O5/c1-3-9(13)16-11-8-5-4-7(15-8)10(11)14-6(2)12/h3-5,7-8,10-11H,1H2,2H3/t7-,8+,10+,11-/m0/s1. The van der Waals surface area contributed by atoms with Gasteiger partial charge in [-0.15, -0.1) is 0 Å². The van der Waals surface area contributed by atoms with Gasteiger partial charge in [0.2, 0.25) is 0 Å². The average Bonchev–Trinajstić information content (AvgIpc) is 2.80. The van der Waals surface area contributed by atoms with E-state index in [1.165, 1.54) is 6.92 Å². The fourth-order valence-corrected chi connectivity index (χ4v) is 1.88. The molecule has 0 radical (unpaired) electrons. The Morgan fingerprint density at radius 3 is 2.31 bits per heavy atom. The highest BCUT2D eigenvalue weighted by Crippen LogP contribution is 2.33. The van der Waals surface area contributed by atoms with Crippen LogP contribution in [0.3, 0.4) is 0 Å². The molecule has 0 unspecified atom stereocenters. The molecule has 2 bridgehead atoms. The summed E-state index contributed by atoms with van der Waals surface area (Å²) in [7, 11) is 0. The normalized spacial score (nSPS) is 34.8. The van der Waals surface area contributed by atoms with E-state index in [0.29, 0.717) is 0 Å². The predicted octanol–water partition coefficient (Wildman–Crippen LogP) is 0.353. The minimum absolute atomic E-state index is 0.323. The van der Waals surface area contributed by atoms with Gasteiger partial charge >= 0.3 is 11.9 Å². The SMILES string of the molecule is C=CC(=O)O[C@@H]1[C@H](OC(C)=O)[C@@H]2C=C[C@H]1O2. The Morgan fingerprint density at radius 1 is 1.25 bits per heavy atom. The van der Waals surface area contributed by atoms with Crippen molar-refractivity contribution in [2.75, 3.05) is 0 Å². The van der Waals surface area contributed by atoms with Crippen LogP contribution in [-0.4, -0.2) is 36.4 Å². The van der Waals surface area contributed by atoms with E-state index in [0.717, 1.165) is 6.08 Å². The maximum Gasteiger partial charge on any atom is 0.330 e. The fourth-order valence-electron chi connectivity index (χ4n) is 1.88. The highest BCUT2D eigenvalue weighted by Gasteiger charge is 2.50. The molecule has 0 aromatic rings. The van der Waals surface area contributed by atoms with Gasteiger partial charge in [-0.25, -0.2) is 4.79 Å². The fraction of sp³-hybridized carbons (Fsp3) is 0.455. The molecular weight excluding hydrogens is 212 g/mol. The van der Waals surface area contributed by atoms with E-state index in [-0.39, 0.29) is 12.2 Å². The zero-order valence-electron chi connectivity index (χ0n) is 8.79. The third-order valence-corrected chi connectivity index (χ3v) is 2.50. The first-order chi connectivity index (χ1) is 7.61. The van der Waals surface area contributed by atoms with Crippen LogP contribution in [0.2, 0.25) is 0 Å². The number of rotatable bonds is 3. The van der Waals surface area contributed by atoms with Gasteiger partial charge in [-0.3, -0.25) is 4.79 Å². The molecule has 2 rings (SSSR count). The van der Waals surface area contributed by atoms with Gasteiger partial charge in [0.15, 0.2) is 12.2 Å². The van der Waals surface area contributed by atoms with E-state index >= 15 is 0 Å². The Morgan fingerprint density at radius 2 is 1.81 bits per heavy atom. The maximum atomic E-state index is 11.1. The van der Waals surface area contributed by atoms with E-state index < -0.39 is 24.1 Å². The van der Waals surface area contributed by atoms with Gasteiger partial charge in [-0.1, -0.05) is 18.7 Å². The molecule has 2 aliphatic rings. The number of esters is 2. The number of ether oxygens (including phenoxy) is 3. The van der Waals surface area contributed by atoms with Crippen LogP contribution in [0.1, 0.15) is 6.92 Å². The van der Waals surface area contributed by atoms with Crippen LogP contribution in [0, 0.1) is 0 Å². The van der Waals surface area contributed by atoms with Crippen LogP contribution in [0.25, 0.3) is 0 Å². The van der Waals surface area contributed by atoms with Gasteiger partial charge in [0.25, 0.3) is 0 Å². The lowest BCUT2D eigenvalue weighted by Crippen LogP contribution is -2.40. The third-order valence-electron chi connectivity index (χ3n) is 2.50. The van der Waals surface area contributed by atoms with E-state index in [1.807, 2.05) is 0 Å². The molecule has 1 saturated heterocycles. The molecule has 0 saturated carbocycles. The highest BCUT2D eigenvalue weighted by molar-refractivity contribution is 5.81. The van der Waals surface area contributed by atoms with Crippen molar-refractivity contribution >= 4 is 11.9 Å². The molecule has 0 N–H and O–H groups in total. The summed E-state index contributed by atoms with van der Waals surface area (Å²) < 4.78 is 15.6. The van der Waals surface area contributed by atoms with Crippen molar-refractivity contribution in [1.82, 2.24) is 0 Å². The molecule has 4 atom stereocenters. The molecule has 0 aromatic carbocycles. The third kappa shape index (κ3) is 1.86. The zero-order chi connectivity index (χ0) is 11.7. The van der Waals surface area contributed by atoms with Crippen molar-refractivity contribution in [3.63, 3.8) is 0 Å². The first-order valence-electron chi connectivity index (χ1n) is 4.96. The van der Waals surface area contributed by atoms with E-state index in [9.17, 15) is 9.59 Å². The summed E-state index contributed by atoms with van der Waals surface area (Å²) in [5.41, 5.74) is 0. The van der Waals surface area contributed by atoms with Crippen LogP contribution >= 0.6 is 0 Å². The number of carbonyl (C=O) groups excluding carboxylic acids is 2. The molecule has 1 fully saturated rings. The molecule has 2 heterocycles. The largest absolute Gasteiger partial charge is 0.455 e. The predicted molar refractivity (Wildman–Crippen MR) is 53.4 cm³/mol. The van der Waals surface area contributed by atoms with Gasteiger partial charge in [-0.05, 0) is 0 Å². The van der Waals surface area contributed by atoms with Crippen LogP contribution < -0.4 is 0 Å². The van der Waals surface area contributed by atoms with Crippen LogP contribution in [0.4, 0.5) is 0 Å². The van der Waals surface area contributed by atoms with Crippen molar-refractivity contribution in [2.24, 2.45) is 0 Å². The lowest BCUT2D eigenvalue weighted by molar-refractivity contribution is -0.161. The number of fused-ring (bicyclic) bond motifs is 2. The topological polar surface area (TPSA) is 61.8 Å². The number of carbonyl (C=O) groups is 2. The van der Waals surface area contributed by atoms with E-state index in [4.69, 9.17) is 14.2 Å². The Bertz CT molecular complexity index is 359. The highest BCUT2D eigenvalue weighted by atomic mass is 16.6. The monoisotopic (exact) mass is 224 g/mol. The molecule has 5 nitrogen and oxygen atoms in total. The van der Waals surface area contributed by atoms with E-state index in [2.05, 4.69) is 6.58 Å². The molecule has 0 spiro atoms. The Kier molecular flexibility index (Phi) is 2.78. The molecule has 0 amide bonds. The van der Waals surface area contributed by atoms with Crippen LogP contribution in [-0.2, 0) is 23.8 Å². The smallest absolute Gasteiger partial charge is 0.330 e. The van der Waals surface area contributed by atoms with E-state index in [1.54, 1.807) is 12.2 Å². The Hall–Kier alpha value is -1.62. The van der Waals surface area contributed by atoms with Gasteiger partial charge in [0.1, 0.15) is 12.2 Å². The Balaban J connectivity index is 2.09. The van der Waals surface area contributed by atoms with Crippen LogP contribution in [0.5, 0.6) is 0 Å². The summed E-state index contributed by atoms with van der Waals surface area (Å²) in [4.78, 5) is 22.0. The molecule has 0 aromatic heterocycles. The number of hydrogen-bond donors (Lipinski definition) is 0. The maximum absolute atomic E-state index is 11.1. The van der Waals surface area contributed by atoms with Crippen molar-refractivity contribution in [1.29, 1.82) is 0 Å². The second-order valence-corrected chi connectivity index (χ2v) is 3.63. The summed E-state index contributed by atoms with van der Waals surface area (Å²) in [5.74, 6) is -0.971. The summed E-state index contributed by atoms with van der Waals surface area (Å²) >= 11 is 0. The minimum Gasteiger partial charge on any atom is -0.455 e. The Labute approximate surface area is 92.7 Å². The van der Waals surface area contributed by atoms with Crippen molar-refractivity contribution < 1.29 is 23.8 Å². The van der Waals surface area contributed by atoms with Crippen LogP contribution in [0.15, 0.2) is 24.8 Å². The quantitative estimate of drug-likeness (QED) is 0.393. The lowest BCUT2D eigenvalue weighted by atomic mass is 10.0. The van der Waals surface area contributed by atoms with Gasteiger partial charge in [0.05, 0.1) is 0 Å². The summed E-state index contributed by atoms with van der Waals surface area (Å²) in [6.07, 6.45) is 2.87. The summed E-state index contributed by atoms with van der Waals surface area (Å²) in [6.45, 7) is 4.62. The molecule has 5 heteroatoms. The van der Waals surface area contributed by atoms with Crippen molar-refractivity contribution in [2.45, 2.75) is 31.3 Å². The molecule has 86 valence electrons. The molecule has 16 heavy (non-hydrogen) atoms. The van der Waals surface area contributed by atoms with Gasteiger partial charge in [-0.2, -0.15) is 0 Å². The average molecular weight is 224 g/mol. The summed E-state index contributed by atoms with van der Waals surface area (Å²) in [6, 6.07) is 0. The lowest BCUT2D eigenvalue weighted by Gasteiger charge is -2.23. The van der Waals surface area contributed by atoms with Crippen molar-refractivity contribution in [3.05, 3.63) is 24.8 Å². The summed E-state index contributed by atoms with van der Waals surface area (Å²) in [5, 5.41) is 0. The second-order valence-electron chi connectivity index (χ2n) is 3.63. The van der Waals surface area contributed by atoms with Gasteiger partial charge < -0.3 is 14.2 Å². The number of hydrogen-bond acceptors (Lipinski definition) is 5. The van der Waals surface area contributed by atoms with Crippen molar-refractivity contribution in [3.8, 4) is 0 Å². The first-order valence-corrected chi connectivity index (χ1v) is 4.96. The molecule has 2 aliphatic heterocycles.